The van der Waals surface area contributed by atoms with Crippen LogP contribution in [0.5, 0.6) is 0 Å². The number of aliphatic hydroxyl groups excluding tert-OH is 1. The summed E-state index contributed by atoms with van der Waals surface area (Å²) < 4.78 is 22.4. The van der Waals surface area contributed by atoms with Gasteiger partial charge in [0.15, 0.2) is 24.6 Å². The molecule has 1 aliphatic heterocycles. The Hall–Kier alpha value is -3.72. The fourth-order valence-corrected chi connectivity index (χ4v) is 3.97. The molecule has 0 aliphatic carbocycles. The summed E-state index contributed by atoms with van der Waals surface area (Å²) in [5, 5.41) is 10.7. The Morgan fingerprint density at radius 1 is 0.639 bits per heavy atom. The zero-order valence-electron chi connectivity index (χ0n) is 18.9. The minimum absolute atomic E-state index is 0.204. The fourth-order valence-electron chi connectivity index (χ4n) is 3.72. The van der Waals surface area contributed by atoms with Gasteiger partial charge in [0.25, 0.3) is 0 Å². The molecule has 5 atom stereocenters. The summed E-state index contributed by atoms with van der Waals surface area (Å²) in [5.41, 5.74) is 0.653. The van der Waals surface area contributed by atoms with Gasteiger partial charge in [-0.05, 0) is 36.4 Å². The number of ether oxygens (including phenoxy) is 4. The van der Waals surface area contributed by atoms with Gasteiger partial charge in [0.05, 0.1) is 22.6 Å². The Kier molecular flexibility index (Phi) is 8.32. The van der Waals surface area contributed by atoms with Crippen LogP contribution in [-0.4, -0.2) is 59.6 Å². The maximum atomic E-state index is 13.0. The lowest BCUT2D eigenvalue weighted by Crippen LogP contribution is -2.62. The number of esters is 3. The quantitative estimate of drug-likeness (QED) is 0.292. The van der Waals surface area contributed by atoms with Gasteiger partial charge < -0.3 is 24.1 Å². The van der Waals surface area contributed by atoms with Gasteiger partial charge in [-0.15, -0.1) is 11.6 Å². The predicted molar refractivity (Wildman–Crippen MR) is 129 cm³/mol. The van der Waals surface area contributed by atoms with E-state index in [-0.39, 0.29) is 22.6 Å². The molecule has 0 radical (unpaired) electrons. The van der Waals surface area contributed by atoms with E-state index in [1.807, 2.05) is 0 Å². The number of hydrogen-bond acceptors (Lipinski definition) is 8. The molecule has 0 saturated carbocycles. The second kappa shape index (κ2) is 11.8. The van der Waals surface area contributed by atoms with Crippen LogP contribution in [0.25, 0.3) is 0 Å². The van der Waals surface area contributed by atoms with Crippen LogP contribution in [0, 0.1) is 0 Å². The van der Waals surface area contributed by atoms with Crippen LogP contribution in [0.1, 0.15) is 31.1 Å². The maximum Gasteiger partial charge on any atom is 0.338 e. The molecule has 3 aromatic carbocycles. The van der Waals surface area contributed by atoms with Crippen molar-refractivity contribution in [2.75, 3.05) is 5.88 Å². The van der Waals surface area contributed by atoms with Gasteiger partial charge >= 0.3 is 17.9 Å². The lowest BCUT2D eigenvalue weighted by atomic mass is 9.98. The van der Waals surface area contributed by atoms with E-state index in [4.69, 9.17) is 30.5 Å². The molecular weight excluding hydrogens is 488 g/mol. The van der Waals surface area contributed by atoms with E-state index >= 15 is 0 Å². The monoisotopic (exact) mass is 510 g/mol. The van der Waals surface area contributed by atoms with Crippen LogP contribution in [0.4, 0.5) is 0 Å². The van der Waals surface area contributed by atoms with Gasteiger partial charge in [-0.3, -0.25) is 0 Å². The zero-order valence-corrected chi connectivity index (χ0v) is 19.7. The Balaban J connectivity index is 1.66. The van der Waals surface area contributed by atoms with Gasteiger partial charge in [0.1, 0.15) is 6.10 Å². The highest BCUT2D eigenvalue weighted by Gasteiger charge is 2.52. The molecule has 8 nitrogen and oxygen atoms in total. The third-order valence-corrected chi connectivity index (χ3v) is 5.82. The summed E-state index contributed by atoms with van der Waals surface area (Å²) in [6.45, 7) is 0. The highest BCUT2D eigenvalue weighted by molar-refractivity contribution is 6.18. The van der Waals surface area contributed by atoms with Crippen molar-refractivity contribution < 1.29 is 38.4 Å². The Bertz CT molecular complexity index is 1170. The van der Waals surface area contributed by atoms with Crippen LogP contribution in [0.3, 0.4) is 0 Å². The first-order valence-electron chi connectivity index (χ1n) is 11.2. The van der Waals surface area contributed by atoms with Crippen molar-refractivity contribution >= 4 is 29.5 Å². The summed E-state index contributed by atoms with van der Waals surface area (Å²) in [6.07, 6.45) is -7.00. The molecule has 1 fully saturated rings. The topological polar surface area (TPSA) is 108 Å². The molecular formula is C27H23ClO8. The van der Waals surface area contributed by atoms with E-state index in [1.165, 1.54) is 24.3 Å². The molecule has 1 saturated heterocycles. The van der Waals surface area contributed by atoms with Gasteiger partial charge in [0, 0.05) is 0 Å². The van der Waals surface area contributed by atoms with Crippen LogP contribution >= 0.6 is 11.6 Å². The number of benzene rings is 3. The van der Waals surface area contributed by atoms with E-state index < -0.39 is 48.6 Å². The maximum absolute atomic E-state index is 13.0. The summed E-state index contributed by atoms with van der Waals surface area (Å²) in [4.78, 5) is 38.6. The van der Waals surface area contributed by atoms with Gasteiger partial charge in [0.2, 0.25) is 0 Å². The molecule has 9 heteroatoms. The molecule has 1 heterocycles. The average molecular weight is 511 g/mol. The minimum Gasteiger partial charge on any atom is -0.452 e. The highest BCUT2D eigenvalue weighted by atomic mass is 35.5. The second-order valence-corrected chi connectivity index (χ2v) is 8.24. The number of aliphatic hydroxyl groups is 1. The molecule has 186 valence electrons. The molecule has 5 unspecified atom stereocenters. The van der Waals surface area contributed by atoms with Gasteiger partial charge in [-0.2, -0.15) is 0 Å². The molecule has 1 aliphatic rings. The van der Waals surface area contributed by atoms with E-state index in [2.05, 4.69) is 0 Å². The van der Waals surface area contributed by atoms with Crippen LogP contribution in [0.15, 0.2) is 91.0 Å². The third-order valence-electron chi connectivity index (χ3n) is 5.52. The number of carbonyl (C=O) groups is 3. The minimum atomic E-state index is -1.71. The molecule has 3 aromatic rings. The van der Waals surface area contributed by atoms with E-state index in [0.29, 0.717) is 0 Å². The zero-order chi connectivity index (χ0) is 25.5. The average Bonchev–Trinajstić information content (AvgIpc) is 2.93. The number of alkyl halides is 1. The fraction of sp³-hybridized carbons (Fsp3) is 0.222. The second-order valence-electron chi connectivity index (χ2n) is 7.93. The standard InChI is InChI=1S/C27H23ClO8/c28-16-20-21(34-24(29)17-10-4-1-5-11-17)22(35-25(30)18-12-6-2-7-13-18)23(27(32)33-20)36-26(31)19-14-8-3-9-15-19/h1-15,20-23,27,32H,16H2. The summed E-state index contributed by atoms with van der Waals surface area (Å²) in [7, 11) is 0. The van der Waals surface area contributed by atoms with Crippen molar-refractivity contribution in [3.05, 3.63) is 108 Å². The molecule has 0 aromatic heterocycles. The number of hydrogen-bond donors (Lipinski definition) is 1. The molecule has 0 spiro atoms. The van der Waals surface area contributed by atoms with E-state index in [1.54, 1.807) is 66.7 Å². The van der Waals surface area contributed by atoms with Gasteiger partial charge in [-0.1, -0.05) is 54.6 Å². The third kappa shape index (κ3) is 5.91. The number of halogens is 1. The highest BCUT2D eigenvalue weighted by Crippen LogP contribution is 2.30. The largest absolute Gasteiger partial charge is 0.452 e. The predicted octanol–water partition coefficient (Wildman–Crippen LogP) is 3.62. The van der Waals surface area contributed by atoms with Crippen LogP contribution in [-0.2, 0) is 18.9 Å². The van der Waals surface area contributed by atoms with Crippen LogP contribution < -0.4 is 0 Å². The van der Waals surface area contributed by atoms with E-state index in [0.717, 1.165) is 0 Å². The Morgan fingerprint density at radius 3 is 1.39 bits per heavy atom. The number of carbonyl (C=O) groups excluding carboxylic acids is 3. The Morgan fingerprint density at radius 2 is 1.00 bits per heavy atom. The van der Waals surface area contributed by atoms with Gasteiger partial charge in [-0.25, -0.2) is 14.4 Å². The van der Waals surface area contributed by atoms with Crippen molar-refractivity contribution in [3.8, 4) is 0 Å². The Labute approximate surface area is 212 Å². The van der Waals surface area contributed by atoms with Crippen LogP contribution in [0.2, 0.25) is 0 Å². The summed E-state index contributed by atoms with van der Waals surface area (Å²) >= 11 is 6.06. The summed E-state index contributed by atoms with van der Waals surface area (Å²) in [5.74, 6) is -2.50. The van der Waals surface area contributed by atoms with Crippen molar-refractivity contribution in [2.45, 2.75) is 30.7 Å². The molecule has 4 rings (SSSR count). The first-order chi connectivity index (χ1) is 17.5. The van der Waals surface area contributed by atoms with E-state index in [9.17, 15) is 19.5 Å². The molecule has 1 N–H and O–H groups in total. The number of rotatable bonds is 7. The first-order valence-corrected chi connectivity index (χ1v) is 11.7. The lowest BCUT2D eigenvalue weighted by Gasteiger charge is -2.42. The van der Waals surface area contributed by atoms with Crippen molar-refractivity contribution in [3.63, 3.8) is 0 Å². The normalized spacial score (nSPS) is 23.3. The van der Waals surface area contributed by atoms with Crippen molar-refractivity contribution in [2.24, 2.45) is 0 Å². The first kappa shape index (κ1) is 25.4. The SMILES string of the molecule is O=C(OC1C(O)OC(CCl)C(OC(=O)c2ccccc2)C1OC(=O)c1ccccc1)c1ccccc1. The molecule has 0 bridgehead atoms. The molecule has 0 amide bonds. The van der Waals surface area contributed by atoms with Crippen molar-refractivity contribution in [1.29, 1.82) is 0 Å². The molecule has 36 heavy (non-hydrogen) atoms. The summed E-state index contributed by atoms with van der Waals surface area (Å²) in [6, 6.07) is 24.3. The van der Waals surface area contributed by atoms with Crippen molar-refractivity contribution in [1.82, 2.24) is 0 Å². The lowest BCUT2D eigenvalue weighted by molar-refractivity contribution is -0.274. The smallest absolute Gasteiger partial charge is 0.338 e.